The van der Waals surface area contributed by atoms with Crippen LogP contribution in [-0.2, 0) is 38.0 Å². The van der Waals surface area contributed by atoms with E-state index in [9.17, 15) is 20.1 Å². The van der Waals surface area contributed by atoms with Crippen LogP contribution in [0.15, 0.2) is 0 Å². The first-order chi connectivity index (χ1) is 23.9. The molecular formula is C40H67O11-. The summed E-state index contributed by atoms with van der Waals surface area (Å²) in [6, 6.07) is 0. The molecule has 6 rings (SSSR count). The molecule has 0 aliphatic carbocycles. The van der Waals surface area contributed by atoms with Crippen molar-refractivity contribution in [2.75, 3.05) is 13.7 Å². The van der Waals surface area contributed by atoms with Crippen molar-refractivity contribution in [3.05, 3.63) is 0 Å². The smallest absolute Gasteiger partial charge is 0.192 e. The van der Waals surface area contributed by atoms with Crippen LogP contribution >= 0.6 is 0 Å². The van der Waals surface area contributed by atoms with Gasteiger partial charge in [-0.25, -0.2) is 0 Å². The number of hydrogen-bond acceptors (Lipinski definition) is 11. The maximum absolute atomic E-state index is 11.7. The van der Waals surface area contributed by atoms with Gasteiger partial charge in [0, 0.05) is 49.6 Å². The fourth-order valence-corrected chi connectivity index (χ4v) is 11.3. The molecule has 6 heterocycles. The maximum Gasteiger partial charge on any atom is 0.192 e. The monoisotopic (exact) mass is 723 g/mol. The fraction of sp³-hybridized carbons (Fsp3) is 0.975. The van der Waals surface area contributed by atoms with Crippen LogP contribution in [0.5, 0.6) is 0 Å². The lowest BCUT2D eigenvalue weighted by Crippen LogP contribution is -2.58. The first-order valence-electron chi connectivity index (χ1n) is 20.0. The van der Waals surface area contributed by atoms with E-state index < -0.39 is 41.3 Å². The molecule has 6 fully saturated rings. The summed E-state index contributed by atoms with van der Waals surface area (Å²) < 4.78 is 46.9. The van der Waals surface area contributed by atoms with Crippen LogP contribution in [-0.4, -0.2) is 102 Å². The molecular weight excluding hydrogens is 656 g/mol. The number of methoxy groups -OCH3 is 1. The number of aliphatic hydroxyl groups is 2. The molecule has 0 aromatic heterocycles. The van der Waals surface area contributed by atoms with E-state index in [1.807, 2.05) is 6.92 Å². The SMILES string of the molecule is CO[C@@H]1C[C@@H](C[C@H]2CC[C@H](C)[C@H]([C@@H](C)C(=O)[O-])O2)O[C@]2(O[C@](C)([C@H]3CC[C@@](C)(C4O[C@@H](C5O[C@@](O)(CO)[C@H](C)C[C@@H]5C)C[C@@H]4C)O3)C[C@H]2C)[C@@H]1C. The van der Waals surface area contributed by atoms with Crippen molar-refractivity contribution >= 4 is 5.97 Å². The Labute approximate surface area is 305 Å². The fourth-order valence-electron chi connectivity index (χ4n) is 11.3. The molecule has 51 heavy (non-hydrogen) atoms. The molecule has 0 saturated carbocycles. The summed E-state index contributed by atoms with van der Waals surface area (Å²) in [4.78, 5) is 11.7. The van der Waals surface area contributed by atoms with Gasteiger partial charge >= 0.3 is 0 Å². The molecule has 0 radical (unpaired) electrons. The van der Waals surface area contributed by atoms with Gasteiger partial charge in [-0.2, -0.15) is 0 Å². The van der Waals surface area contributed by atoms with Gasteiger partial charge in [0.1, 0.15) is 0 Å². The Bertz CT molecular complexity index is 1230. The number of hydrogen-bond donors (Lipinski definition) is 2. The summed E-state index contributed by atoms with van der Waals surface area (Å²) >= 11 is 0. The second-order valence-electron chi connectivity index (χ2n) is 18.4. The Balaban J connectivity index is 1.13. The molecule has 2 N–H and O–H groups in total. The lowest BCUT2D eigenvalue weighted by Gasteiger charge is -2.50. The third-order valence-corrected chi connectivity index (χ3v) is 14.4. The van der Waals surface area contributed by atoms with Crippen molar-refractivity contribution < 1.29 is 53.3 Å². The zero-order valence-corrected chi connectivity index (χ0v) is 32.8. The topological polar surface area (TPSA) is 145 Å². The minimum absolute atomic E-state index is 0.0155. The lowest BCUT2D eigenvalue weighted by molar-refractivity contribution is -0.353. The number of carboxylic acids is 1. The highest BCUT2D eigenvalue weighted by Gasteiger charge is 2.65. The molecule has 0 amide bonds. The highest BCUT2D eigenvalue weighted by molar-refractivity contribution is 5.67. The highest BCUT2D eigenvalue weighted by atomic mass is 16.7. The number of aliphatic carboxylic acids is 1. The van der Waals surface area contributed by atoms with Gasteiger partial charge in [0.15, 0.2) is 11.6 Å². The minimum atomic E-state index is -1.55. The van der Waals surface area contributed by atoms with Crippen LogP contribution in [0.25, 0.3) is 0 Å². The third-order valence-electron chi connectivity index (χ3n) is 14.4. The predicted octanol–water partition coefficient (Wildman–Crippen LogP) is 4.37. The number of aliphatic hydroxyl groups excluding tert-OH is 1. The molecule has 0 bridgehead atoms. The highest BCUT2D eigenvalue weighted by Crippen LogP contribution is 2.57. The summed E-state index contributed by atoms with van der Waals surface area (Å²) in [7, 11) is 1.76. The van der Waals surface area contributed by atoms with Crippen molar-refractivity contribution in [2.45, 2.75) is 192 Å². The van der Waals surface area contributed by atoms with Gasteiger partial charge in [-0.3, -0.25) is 0 Å². The molecule has 11 nitrogen and oxygen atoms in total. The van der Waals surface area contributed by atoms with Gasteiger partial charge in [0.2, 0.25) is 0 Å². The first kappa shape index (κ1) is 39.8. The first-order valence-corrected chi connectivity index (χ1v) is 20.0. The number of rotatable bonds is 9. The van der Waals surface area contributed by atoms with E-state index in [4.69, 9.17) is 33.2 Å². The number of carboxylic acid groups (broad SMARTS) is 1. The molecule has 294 valence electrons. The zero-order chi connectivity index (χ0) is 37.3. The van der Waals surface area contributed by atoms with Gasteiger partial charge in [-0.05, 0) is 76.5 Å². The average molecular weight is 724 g/mol. The standard InChI is InChI=1S/C40H68O11/c1-21-11-12-28(46-33(21)26(6)36(42)43)17-29-18-30(45-10)27(7)40(48-29)25(5)19-38(9,51-40)32-13-14-37(8,49-32)35-23(3)16-31(47-35)34-22(2)15-24(4)39(44,20-41)50-34/h21-35,41,44H,11-20H2,1-10H3,(H,42,43)/p-1/t21-,22-,23-,24+,25+,26+,27+,28+,29+,30+,31+,32+,33+,34?,35?,37-,38-,39-,40+/m0/s1. The predicted molar refractivity (Wildman–Crippen MR) is 186 cm³/mol. The quantitative estimate of drug-likeness (QED) is 0.350. The van der Waals surface area contributed by atoms with Crippen molar-refractivity contribution in [1.82, 2.24) is 0 Å². The van der Waals surface area contributed by atoms with Crippen LogP contribution in [0.1, 0.15) is 120 Å². The molecule has 2 unspecified atom stereocenters. The van der Waals surface area contributed by atoms with E-state index >= 15 is 0 Å². The Morgan fingerprint density at radius 1 is 0.882 bits per heavy atom. The van der Waals surface area contributed by atoms with Crippen LogP contribution in [0, 0.1) is 41.4 Å². The number of carbonyl (C=O) groups is 1. The largest absolute Gasteiger partial charge is 0.550 e. The second-order valence-corrected chi connectivity index (χ2v) is 18.4. The van der Waals surface area contributed by atoms with Gasteiger partial charge < -0.3 is 53.3 Å². The Morgan fingerprint density at radius 3 is 2.27 bits per heavy atom. The van der Waals surface area contributed by atoms with Crippen LogP contribution < -0.4 is 5.11 Å². The molecule has 6 aliphatic heterocycles. The van der Waals surface area contributed by atoms with E-state index in [-0.39, 0.29) is 84.3 Å². The Kier molecular flexibility index (Phi) is 11.4. The Hall–Kier alpha value is -0.890. The lowest BCUT2D eigenvalue weighted by atomic mass is 9.78. The van der Waals surface area contributed by atoms with Gasteiger partial charge in [0.25, 0.3) is 0 Å². The molecule has 0 aromatic carbocycles. The number of ether oxygens (including phenoxy) is 7. The van der Waals surface area contributed by atoms with Crippen molar-refractivity contribution in [3.63, 3.8) is 0 Å². The molecule has 6 aliphatic rings. The average Bonchev–Trinajstić information content (AvgIpc) is 3.75. The zero-order valence-electron chi connectivity index (χ0n) is 32.8. The molecule has 1 spiro atoms. The van der Waals surface area contributed by atoms with Crippen LogP contribution in [0.4, 0.5) is 0 Å². The molecule has 0 aromatic rings. The summed E-state index contributed by atoms with van der Waals surface area (Å²) in [6.07, 6.45) is 5.62. The normalized spacial score (nSPS) is 54.2. The van der Waals surface area contributed by atoms with Crippen LogP contribution in [0.3, 0.4) is 0 Å². The van der Waals surface area contributed by atoms with Crippen molar-refractivity contribution in [3.8, 4) is 0 Å². The van der Waals surface area contributed by atoms with E-state index in [1.54, 1.807) is 14.0 Å². The summed E-state index contributed by atoms with van der Waals surface area (Å²) in [5.41, 5.74) is -1.11. The Morgan fingerprint density at radius 2 is 1.61 bits per heavy atom. The molecule has 11 heteroatoms. The molecule has 6 saturated heterocycles. The van der Waals surface area contributed by atoms with Gasteiger partial charge in [0.05, 0.1) is 66.6 Å². The van der Waals surface area contributed by atoms with E-state index in [0.717, 1.165) is 51.4 Å². The summed E-state index contributed by atoms with van der Waals surface area (Å²) in [5, 5.41) is 32.7. The summed E-state index contributed by atoms with van der Waals surface area (Å²) in [5.74, 6) is -3.70. The van der Waals surface area contributed by atoms with Gasteiger partial charge in [-0.1, -0.05) is 48.5 Å². The maximum atomic E-state index is 11.7. The summed E-state index contributed by atoms with van der Waals surface area (Å²) in [6.45, 7) is 18.3. The van der Waals surface area contributed by atoms with Gasteiger partial charge in [-0.15, -0.1) is 0 Å². The van der Waals surface area contributed by atoms with Crippen LogP contribution in [0.2, 0.25) is 0 Å². The number of carbonyl (C=O) groups excluding carboxylic acids is 1. The van der Waals surface area contributed by atoms with E-state index in [2.05, 4.69) is 48.5 Å². The molecule has 19 atom stereocenters. The van der Waals surface area contributed by atoms with E-state index in [1.165, 1.54) is 0 Å². The van der Waals surface area contributed by atoms with Crippen molar-refractivity contribution in [2.24, 2.45) is 41.4 Å². The van der Waals surface area contributed by atoms with Crippen molar-refractivity contribution in [1.29, 1.82) is 0 Å². The second kappa shape index (κ2) is 14.6. The third kappa shape index (κ3) is 7.19. The van der Waals surface area contributed by atoms with E-state index in [0.29, 0.717) is 6.42 Å². The minimum Gasteiger partial charge on any atom is -0.550 e.